The molecular formula is C18H20N4O. The average molecular weight is 308 g/mol. The lowest BCUT2D eigenvalue weighted by Gasteiger charge is -2.30. The fourth-order valence-corrected chi connectivity index (χ4v) is 2.72. The third kappa shape index (κ3) is 4.16. The van der Waals surface area contributed by atoms with Crippen molar-refractivity contribution in [2.24, 2.45) is 0 Å². The van der Waals surface area contributed by atoms with Crippen LogP contribution in [0.4, 0.5) is 11.4 Å². The number of para-hydroxylation sites is 2. The van der Waals surface area contributed by atoms with Crippen LogP contribution in [0.15, 0.2) is 48.9 Å². The van der Waals surface area contributed by atoms with Gasteiger partial charge in [-0.1, -0.05) is 12.1 Å². The summed E-state index contributed by atoms with van der Waals surface area (Å²) in [5.41, 5.74) is 2.60. The molecule has 118 valence electrons. The number of benzene rings is 1. The summed E-state index contributed by atoms with van der Waals surface area (Å²) in [6.07, 6.45) is 11.7. The number of piperidine rings is 1. The van der Waals surface area contributed by atoms with E-state index in [1.54, 1.807) is 24.7 Å². The third-order valence-corrected chi connectivity index (χ3v) is 3.85. The predicted molar refractivity (Wildman–Crippen MR) is 92.2 cm³/mol. The molecule has 1 fully saturated rings. The number of carbonyl (C=O) groups excluding carboxylic acids is 1. The SMILES string of the molecule is O=C(C=Cc1cnccn1)Nc1ccccc1N1CCCCC1. The average Bonchev–Trinajstić information content (AvgIpc) is 2.62. The summed E-state index contributed by atoms with van der Waals surface area (Å²) in [6, 6.07) is 7.95. The van der Waals surface area contributed by atoms with Crippen molar-refractivity contribution in [2.45, 2.75) is 19.3 Å². The monoisotopic (exact) mass is 308 g/mol. The Morgan fingerprint density at radius 2 is 1.96 bits per heavy atom. The van der Waals surface area contributed by atoms with Crippen molar-refractivity contribution >= 4 is 23.4 Å². The summed E-state index contributed by atoms with van der Waals surface area (Å²) in [5.74, 6) is -0.167. The Bertz CT molecular complexity index is 678. The summed E-state index contributed by atoms with van der Waals surface area (Å²) in [6.45, 7) is 2.09. The van der Waals surface area contributed by atoms with Crippen molar-refractivity contribution in [1.29, 1.82) is 0 Å². The Kier molecular flexibility index (Phi) is 4.99. The summed E-state index contributed by atoms with van der Waals surface area (Å²) in [4.78, 5) is 22.6. The van der Waals surface area contributed by atoms with Gasteiger partial charge in [0.2, 0.25) is 5.91 Å². The highest BCUT2D eigenvalue weighted by atomic mass is 16.1. The first kappa shape index (κ1) is 15.2. The van der Waals surface area contributed by atoms with E-state index in [1.807, 2.05) is 18.2 Å². The number of nitrogens with zero attached hydrogens (tertiary/aromatic N) is 3. The molecule has 1 aliphatic rings. The fraction of sp³-hybridized carbons (Fsp3) is 0.278. The second-order valence-electron chi connectivity index (χ2n) is 5.52. The third-order valence-electron chi connectivity index (χ3n) is 3.85. The summed E-state index contributed by atoms with van der Waals surface area (Å²) in [7, 11) is 0. The van der Waals surface area contributed by atoms with Gasteiger partial charge in [0, 0.05) is 31.6 Å². The molecule has 0 aliphatic carbocycles. The standard InChI is InChI=1S/C18H20N4O/c23-18(9-8-15-14-19-10-11-20-15)21-16-6-2-3-7-17(16)22-12-4-1-5-13-22/h2-3,6-11,14H,1,4-5,12-13H2,(H,21,23). The highest BCUT2D eigenvalue weighted by Gasteiger charge is 2.14. The van der Waals surface area contributed by atoms with Gasteiger partial charge in [-0.05, 0) is 37.5 Å². The number of anilines is 2. The van der Waals surface area contributed by atoms with Crippen LogP contribution in [0.25, 0.3) is 6.08 Å². The van der Waals surface area contributed by atoms with Crippen LogP contribution in [0.5, 0.6) is 0 Å². The van der Waals surface area contributed by atoms with Crippen molar-refractivity contribution in [3.8, 4) is 0 Å². The normalized spacial score (nSPS) is 14.9. The van der Waals surface area contributed by atoms with Crippen molar-refractivity contribution in [3.63, 3.8) is 0 Å². The number of carbonyl (C=O) groups is 1. The van der Waals surface area contributed by atoms with E-state index in [-0.39, 0.29) is 5.91 Å². The zero-order valence-corrected chi connectivity index (χ0v) is 13.0. The molecule has 1 aromatic carbocycles. The molecule has 0 bridgehead atoms. The van der Waals surface area contributed by atoms with Gasteiger partial charge in [-0.25, -0.2) is 0 Å². The topological polar surface area (TPSA) is 58.1 Å². The van der Waals surface area contributed by atoms with Crippen molar-refractivity contribution in [1.82, 2.24) is 9.97 Å². The van der Waals surface area contributed by atoms with Crippen molar-refractivity contribution < 1.29 is 4.79 Å². The van der Waals surface area contributed by atoms with Crippen molar-refractivity contribution in [3.05, 3.63) is 54.6 Å². The van der Waals surface area contributed by atoms with Crippen LogP contribution in [0, 0.1) is 0 Å². The number of rotatable bonds is 4. The highest BCUT2D eigenvalue weighted by molar-refractivity contribution is 6.03. The molecule has 1 N–H and O–H groups in total. The lowest BCUT2D eigenvalue weighted by atomic mass is 10.1. The minimum atomic E-state index is -0.167. The molecular weight excluding hydrogens is 288 g/mol. The molecule has 1 amide bonds. The summed E-state index contributed by atoms with van der Waals surface area (Å²) >= 11 is 0. The highest BCUT2D eigenvalue weighted by Crippen LogP contribution is 2.28. The van der Waals surface area contributed by atoms with Gasteiger partial charge in [-0.15, -0.1) is 0 Å². The molecule has 5 heteroatoms. The maximum absolute atomic E-state index is 12.2. The van der Waals surface area contributed by atoms with E-state index in [0.29, 0.717) is 5.69 Å². The van der Waals surface area contributed by atoms with E-state index < -0.39 is 0 Å². The number of nitrogens with one attached hydrogen (secondary N) is 1. The number of hydrogen-bond acceptors (Lipinski definition) is 4. The first-order chi connectivity index (χ1) is 11.3. The van der Waals surface area contributed by atoms with E-state index in [0.717, 1.165) is 24.5 Å². The molecule has 0 radical (unpaired) electrons. The van der Waals surface area contributed by atoms with Crippen LogP contribution in [-0.4, -0.2) is 29.0 Å². The maximum atomic E-state index is 12.2. The van der Waals surface area contributed by atoms with Crippen LogP contribution < -0.4 is 10.2 Å². The zero-order valence-electron chi connectivity index (χ0n) is 13.0. The van der Waals surface area contributed by atoms with Crippen LogP contribution in [0.3, 0.4) is 0 Å². The van der Waals surface area contributed by atoms with Gasteiger partial charge in [-0.2, -0.15) is 0 Å². The first-order valence-electron chi connectivity index (χ1n) is 7.92. The van der Waals surface area contributed by atoms with E-state index in [1.165, 1.54) is 25.3 Å². The van der Waals surface area contributed by atoms with Crippen LogP contribution in [0.2, 0.25) is 0 Å². The maximum Gasteiger partial charge on any atom is 0.248 e. The van der Waals surface area contributed by atoms with E-state index in [4.69, 9.17) is 0 Å². The van der Waals surface area contributed by atoms with Gasteiger partial charge in [0.05, 0.1) is 23.3 Å². The molecule has 0 spiro atoms. The number of hydrogen-bond donors (Lipinski definition) is 1. The molecule has 0 atom stereocenters. The van der Waals surface area contributed by atoms with Gasteiger partial charge >= 0.3 is 0 Å². The van der Waals surface area contributed by atoms with Gasteiger partial charge in [-0.3, -0.25) is 14.8 Å². The smallest absolute Gasteiger partial charge is 0.248 e. The molecule has 1 aromatic heterocycles. The lowest BCUT2D eigenvalue weighted by Crippen LogP contribution is -2.30. The van der Waals surface area contributed by atoms with Crippen LogP contribution in [-0.2, 0) is 4.79 Å². The molecule has 0 unspecified atom stereocenters. The summed E-state index contributed by atoms with van der Waals surface area (Å²) in [5, 5.41) is 2.96. The van der Waals surface area contributed by atoms with E-state index >= 15 is 0 Å². The Morgan fingerprint density at radius 1 is 1.13 bits per heavy atom. The number of amides is 1. The minimum absolute atomic E-state index is 0.167. The second-order valence-corrected chi connectivity index (χ2v) is 5.52. The van der Waals surface area contributed by atoms with Gasteiger partial charge in [0.25, 0.3) is 0 Å². The molecule has 23 heavy (non-hydrogen) atoms. The molecule has 2 aromatic rings. The molecule has 3 rings (SSSR count). The molecule has 2 heterocycles. The lowest BCUT2D eigenvalue weighted by molar-refractivity contribution is -0.111. The largest absolute Gasteiger partial charge is 0.370 e. The quantitative estimate of drug-likeness (QED) is 0.882. The predicted octanol–water partition coefficient (Wildman–Crippen LogP) is 3.12. The van der Waals surface area contributed by atoms with E-state index in [9.17, 15) is 4.79 Å². The zero-order chi connectivity index (χ0) is 15.9. The second kappa shape index (κ2) is 7.54. The van der Waals surface area contributed by atoms with Crippen LogP contribution >= 0.6 is 0 Å². The Labute approximate surface area is 136 Å². The fourth-order valence-electron chi connectivity index (χ4n) is 2.72. The molecule has 0 saturated carbocycles. The van der Waals surface area contributed by atoms with Crippen LogP contribution in [0.1, 0.15) is 25.0 Å². The molecule has 5 nitrogen and oxygen atoms in total. The Hall–Kier alpha value is -2.69. The Balaban J connectivity index is 1.70. The number of aromatic nitrogens is 2. The van der Waals surface area contributed by atoms with Gasteiger partial charge in [0.15, 0.2) is 0 Å². The van der Waals surface area contributed by atoms with Gasteiger partial charge in [0.1, 0.15) is 0 Å². The summed E-state index contributed by atoms with van der Waals surface area (Å²) < 4.78 is 0. The minimum Gasteiger partial charge on any atom is -0.370 e. The Morgan fingerprint density at radius 3 is 2.74 bits per heavy atom. The van der Waals surface area contributed by atoms with Gasteiger partial charge < -0.3 is 10.2 Å². The van der Waals surface area contributed by atoms with E-state index in [2.05, 4.69) is 26.3 Å². The van der Waals surface area contributed by atoms with Crippen molar-refractivity contribution in [2.75, 3.05) is 23.3 Å². The molecule has 1 aliphatic heterocycles. The first-order valence-corrected chi connectivity index (χ1v) is 7.92. The molecule has 1 saturated heterocycles.